The molecule has 3 aromatic carbocycles. The molecule has 0 spiro atoms. The van der Waals surface area contributed by atoms with Gasteiger partial charge in [0.05, 0.1) is 0 Å². The zero-order chi connectivity index (χ0) is 24.8. The molecule has 6 nitrogen and oxygen atoms in total. The highest BCUT2D eigenvalue weighted by Crippen LogP contribution is 2.43. The zero-order valence-corrected chi connectivity index (χ0v) is 19.9. The van der Waals surface area contributed by atoms with Crippen molar-refractivity contribution >= 4 is 35.1 Å². The Morgan fingerprint density at radius 2 is 1.60 bits per heavy atom. The minimum atomic E-state index is -1.51. The van der Waals surface area contributed by atoms with Crippen LogP contribution in [0.2, 0.25) is 5.02 Å². The third kappa shape index (κ3) is 5.12. The Labute approximate surface area is 209 Å². The fourth-order valence-electron chi connectivity index (χ4n) is 4.22. The van der Waals surface area contributed by atoms with E-state index in [9.17, 15) is 14.4 Å². The van der Waals surface area contributed by atoms with E-state index in [1.807, 2.05) is 66.7 Å². The molecule has 0 radical (unpaired) electrons. The van der Waals surface area contributed by atoms with Crippen LogP contribution in [0.15, 0.2) is 91.0 Å². The number of benzene rings is 3. The Balaban J connectivity index is 1.87. The maximum atomic E-state index is 14.0. The predicted octanol–water partition coefficient (Wildman–Crippen LogP) is 4.56. The van der Waals surface area contributed by atoms with Crippen molar-refractivity contribution in [2.45, 2.75) is 24.8 Å². The fraction of sp³-hybridized carbons (Fsp3) is 0.179. The average Bonchev–Trinajstić information content (AvgIpc) is 2.89. The van der Waals surface area contributed by atoms with Crippen LogP contribution in [0, 0.1) is 0 Å². The number of esters is 1. The second-order valence-corrected chi connectivity index (χ2v) is 8.60. The number of halogens is 1. The van der Waals surface area contributed by atoms with Crippen LogP contribution >= 0.6 is 11.6 Å². The lowest BCUT2D eigenvalue weighted by atomic mass is 9.71. The summed E-state index contributed by atoms with van der Waals surface area (Å²) in [6.45, 7) is 1.15. The number of nitrogens with one attached hydrogen (secondary N) is 2. The van der Waals surface area contributed by atoms with Gasteiger partial charge in [0.1, 0.15) is 0 Å². The molecule has 0 aliphatic carbocycles. The molecule has 7 heteroatoms. The van der Waals surface area contributed by atoms with Crippen LogP contribution in [0.25, 0.3) is 5.70 Å². The molecule has 0 unspecified atom stereocenters. The van der Waals surface area contributed by atoms with Crippen molar-refractivity contribution < 1.29 is 19.1 Å². The first-order chi connectivity index (χ1) is 16.9. The minimum absolute atomic E-state index is 0.145. The summed E-state index contributed by atoms with van der Waals surface area (Å²) >= 11 is 6.14. The lowest BCUT2D eigenvalue weighted by Crippen LogP contribution is -2.61. The molecule has 0 saturated heterocycles. The van der Waals surface area contributed by atoms with Gasteiger partial charge in [-0.1, -0.05) is 91.3 Å². The summed E-state index contributed by atoms with van der Waals surface area (Å²) < 4.78 is 5.04. The van der Waals surface area contributed by atoms with Crippen molar-refractivity contribution in [3.63, 3.8) is 0 Å². The molecule has 178 valence electrons. The third-order valence-corrected chi connectivity index (χ3v) is 6.19. The van der Waals surface area contributed by atoms with Crippen LogP contribution < -0.4 is 10.6 Å². The fourth-order valence-corrected chi connectivity index (χ4v) is 4.35. The second kappa shape index (κ2) is 10.6. The summed E-state index contributed by atoms with van der Waals surface area (Å²) in [5.74, 6) is -2.07. The van der Waals surface area contributed by atoms with Gasteiger partial charge in [0.25, 0.3) is 11.8 Å². The van der Waals surface area contributed by atoms with Gasteiger partial charge in [0.2, 0.25) is 0 Å². The van der Waals surface area contributed by atoms with Crippen LogP contribution in [0.1, 0.15) is 36.0 Å². The molecule has 2 amide bonds. The van der Waals surface area contributed by atoms with Gasteiger partial charge in [0, 0.05) is 23.1 Å². The Morgan fingerprint density at radius 1 is 0.971 bits per heavy atom. The number of amides is 2. The van der Waals surface area contributed by atoms with Crippen molar-refractivity contribution in [2.75, 3.05) is 6.61 Å². The van der Waals surface area contributed by atoms with Crippen molar-refractivity contribution in [1.82, 2.24) is 10.6 Å². The number of carbonyl (C=O) groups excluding carboxylic acids is 3. The molecular weight excluding hydrogens is 464 g/mol. The summed E-state index contributed by atoms with van der Waals surface area (Å²) in [7, 11) is 0. The molecule has 0 bridgehead atoms. The van der Waals surface area contributed by atoms with Gasteiger partial charge in [-0.25, -0.2) is 0 Å². The Hall–Kier alpha value is -3.90. The van der Waals surface area contributed by atoms with Gasteiger partial charge >= 0.3 is 5.97 Å². The smallest absolute Gasteiger partial charge is 0.306 e. The highest BCUT2D eigenvalue weighted by atomic mass is 35.5. The average molecular weight is 489 g/mol. The van der Waals surface area contributed by atoms with Gasteiger partial charge in [-0.2, -0.15) is 0 Å². The molecular formula is C28H25ClN2O4. The zero-order valence-electron chi connectivity index (χ0n) is 19.2. The Bertz CT molecular complexity index is 1240. The number of ether oxygens (including phenoxy) is 1. The molecule has 1 aliphatic heterocycles. The normalized spacial score (nSPS) is 19.3. The van der Waals surface area contributed by atoms with Gasteiger partial charge in [-0.05, 0) is 34.9 Å². The van der Waals surface area contributed by atoms with E-state index in [1.165, 1.54) is 0 Å². The van der Waals surface area contributed by atoms with E-state index in [0.29, 0.717) is 16.3 Å². The maximum absolute atomic E-state index is 14.0. The molecule has 0 saturated carbocycles. The molecule has 3 aromatic rings. The monoisotopic (exact) mass is 488 g/mol. The molecule has 2 atom stereocenters. The summed E-state index contributed by atoms with van der Waals surface area (Å²) in [5.41, 5.74) is 1.35. The van der Waals surface area contributed by atoms with Crippen molar-refractivity contribution in [1.29, 1.82) is 0 Å². The first kappa shape index (κ1) is 24.2. The van der Waals surface area contributed by atoms with Gasteiger partial charge < -0.3 is 15.4 Å². The number of hydrogen-bond donors (Lipinski definition) is 2. The van der Waals surface area contributed by atoms with E-state index in [1.54, 1.807) is 31.2 Å². The third-order valence-electron chi connectivity index (χ3n) is 5.94. The quantitative estimate of drug-likeness (QED) is 0.477. The van der Waals surface area contributed by atoms with E-state index in [-0.39, 0.29) is 6.42 Å². The molecule has 0 fully saturated rings. The first-order valence-electron chi connectivity index (χ1n) is 11.3. The summed E-state index contributed by atoms with van der Waals surface area (Å²) in [6, 6.07) is 25.8. The van der Waals surface area contributed by atoms with Crippen LogP contribution in [0.4, 0.5) is 0 Å². The number of hydrogen-bond acceptors (Lipinski definition) is 4. The highest BCUT2D eigenvalue weighted by Gasteiger charge is 2.51. The second-order valence-electron chi connectivity index (χ2n) is 8.17. The molecule has 1 aliphatic rings. The van der Waals surface area contributed by atoms with E-state index < -0.39 is 35.8 Å². The summed E-state index contributed by atoms with van der Waals surface area (Å²) in [5, 5.41) is 6.39. The van der Waals surface area contributed by atoms with Crippen LogP contribution in [-0.2, 0) is 24.7 Å². The van der Waals surface area contributed by atoms with Crippen molar-refractivity contribution in [3.8, 4) is 0 Å². The van der Waals surface area contributed by atoms with Gasteiger partial charge in [-0.15, -0.1) is 0 Å². The first-order valence-corrected chi connectivity index (χ1v) is 11.7. The van der Waals surface area contributed by atoms with Crippen LogP contribution in [-0.4, -0.2) is 24.4 Å². The lowest BCUT2D eigenvalue weighted by Gasteiger charge is -2.43. The standard InChI is InChI=1S/C28H25ClN2O4/c1-2-26(33)35-18-25(32)31-28(21-13-15-22(29)16-14-21)23(19-9-5-3-6-10-19)17-24(30-27(28)34)20-11-7-4-8-12-20/h3-17,23H,2,18H2,1H3,(H,30,34)(H,31,32)/t23-,28+/m0/s1. The molecule has 1 heterocycles. The minimum Gasteiger partial charge on any atom is -0.456 e. The van der Waals surface area contributed by atoms with Gasteiger partial charge in [-0.3, -0.25) is 14.4 Å². The SMILES string of the molecule is CCC(=O)OCC(=O)N[C@@]1(c2ccc(Cl)cc2)C(=O)NC(c2ccccc2)=C[C@H]1c1ccccc1. The summed E-state index contributed by atoms with van der Waals surface area (Å²) in [4.78, 5) is 38.7. The van der Waals surface area contributed by atoms with Crippen LogP contribution in [0.3, 0.4) is 0 Å². The highest BCUT2D eigenvalue weighted by molar-refractivity contribution is 6.30. The largest absolute Gasteiger partial charge is 0.456 e. The topological polar surface area (TPSA) is 84.5 Å². The van der Waals surface area contributed by atoms with Crippen molar-refractivity contribution in [2.24, 2.45) is 0 Å². The van der Waals surface area contributed by atoms with E-state index in [2.05, 4.69) is 10.6 Å². The van der Waals surface area contributed by atoms with Gasteiger partial charge in [0.15, 0.2) is 12.1 Å². The Morgan fingerprint density at radius 3 is 2.23 bits per heavy atom. The lowest BCUT2D eigenvalue weighted by molar-refractivity contribution is -0.149. The van der Waals surface area contributed by atoms with E-state index in [0.717, 1.165) is 11.1 Å². The van der Waals surface area contributed by atoms with Crippen LogP contribution in [0.5, 0.6) is 0 Å². The maximum Gasteiger partial charge on any atom is 0.306 e. The number of rotatable bonds is 7. The molecule has 2 N–H and O–H groups in total. The predicted molar refractivity (Wildman–Crippen MR) is 134 cm³/mol. The van der Waals surface area contributed by atoms with E-state index >= 15 is 0 Å². The summed E-state index contributed by atoms with van der Waals surface area (Å²) in [6.07, 6.45) is 2.09. The molecule has 0 aromatic heterocycles. The Kier molecular flexibility index (Phi) is 7.32. The van der Waals surface area contributed by atoms with E-state index in [4.69, 9.17) is 16.3 Å². The number of carbonyl (C=O) groups is 3. The van der Waals surface area contributed by atoms with Crippen molar-refractivity contribution in [3.05, 3.63) is 113 Å². The molecule has 35 heavy (non-hydrogen) atoms. The molecule has 4 rings (SSSR count).